The molecule has 0 aromatic carbocycles. The number of anilines is 1. The molecule has 1 aromatic heterocycles. The van der Waals surface area contributed by atoms with Gasteiger partial charge in [0.1, 0.15) is 12.2 Å². The van der Waals surface area contributed by atoms with Gasteiger partial charge in [-0.2, -0.15) is 13.2 Å². The van der Waals surface area contributed by atoms with Gasteiger partial charge in [0, 0.05) is 12.7 Å². The smallest absolute Gasteiger partial charge is 0.324 e. The van der Waals surface area contributed by atoms with E-state index < -0.39 is 11.9 Å². The van der Waals surface area contributed by atoms with Crippen LogP contribution in [0.5, 0.6) is 0 Å². The van der Waals surface area contributed by atoms with Crippen LogP contribution in [-0.2, 0) is 11.0 Å². The van der Waals surface area contributed by atoms with Crippen LogP contribution >= 0.6 is 0 Å². The number of amides is 1. The van der Waals surface area contributed by atoms with E-state index in [-0.39, 0.29) is 25.1 Å². The van der Waals surface area contributed by atoms with Gasteiger partial charge in [0.2, 0.25) is 11.9 Å². The number of rotatable bonds is 2. The van der Waals surface area contributed by atoms with Crippen molar-refractivity contribution in [1.29, 1.82) is 0 Å². The van der Waals surface area contributed by atoms with Crippen LogP contribution < -0.4 is 4.90 Å². The van der Waals surface area contributed by atoms with E-state index in [1.54, 1.807) is 6.92 Å². The molecule has 0 saturated carbocycles. The van der Waals surface area contributed by atoms with Crippen molar-refractivity contribution in [3.05, 3.63) is 18.0 Å². The van der Waals surface area contributed by atoms with Crippen molar-refractivity contribution in [1.82, 2.24) is 14.9 Å². The second kappa shape index (κ2) is 4.43. The topological polar surface area (TPSA) is 49.3 Å². The summed E-state index contributed by atoms with van der Waals surface area (Å²) in [5.74, 6) is -0.215. The summed E-state index contributed by atoms with van der Waals surface area (Å²) in [5.41, 5.74) is -1.00. The molecule has 0 bridgehead atoms. The third-order valence-corrected chi connectivity index (χ3v) is 2.62. The molecule has 98 valence electrons. The van der Waals surface area contributed by atoms with Crippen molar-refractivity contribution in [2.45, 2.75) is 13.1 Å². The van der Waals surface area contributed by atoms with Crippen LogP contribution in [0, 0.1) is 0 Å². The minimum Gasteiger partial charge on any atom is -0.324 e. The Labute approximate surface area is 101 Å². The lowest BCUT2D eigenvalue weighted by molar-refractivity contribution is -0.141. The summed E-state index contributed by atoms with van der Waals surface area (Å²) in [7, 11) is 0. The first-order chi connectivity index (χ1) is 8.41. The molecular weight excluding hydrogens is 249 g/mol. The Morgan fingerprint density at radius 1 is 1.44 bits per heavy atom. The zero-order valence-electron chi connectivity index (χ0n) is 9.61. The number of nitrogens with zero attached hydrogens (tertiary/aromatic N) is 4. The maximum Gasteiger partial charge on any atom is 0.433 e. The second-order valence-electron chi connectivity index (χ2n) is 3.83. The summed E-state index contributed by atoms with van der Waals surface area (Å²) in [6.45, 7) is 2.54. The highest BCUT2D eigenvalue weighted by Crippen LogP contribution is 2.28. The number of carbonyl (C=O) groups excluding carboxylic acids is 1. The Kier molecular flexibility index (Phi) is 3.10. The lowest BCUT2D eigenvalue weighted by atomic mass is 10.4. The van der Waals surface area contributed by atoms with Crippen molar-refractivity contribution in [3.8, 4) is 0 Å². The number of aromatic nitrogens is 2. The summed E-state index contributed by atoms with van der Waals surface area (Å²) in [5, 5.41) is 0. The molecule has 5 nitrogen and oxygen atoms in total. The van der Waals surface area contributed by atoms with E-state index in [2.05, 4.69) is 9.97 Å². The van der Waals surface area contributed by atoms with E-state index in [1.807, 2.05) is 0 Å². The molecule has 0 N–H and O–H groups in total. The summed E-state index contributed by atoms with van der Waals surface area (Å²) in [4.78, 5) is 21.6. The lowest BCUT2D eigenvalue weighted by Gasteiger charge is -2.17. The van der Waals surface area contributed by atoms with Crippen molar-refractivity contribution in [2.24, 2.45) is 0 Å². The van der Waals surface area contributed by atoms with E-state index in [9.17, 15) is 18.0 Å². The molecule has 1 fully saturated rings. The van der Waals surface area contributed by atoms with Crippen molar-refractivity contribution >= 4 is 11.9 Å². The SMILES string of the molecule is CCN1CN(c2nccc(C(F)(F)F)n2)CC1=O. The summed E-state index contributed by atoms with van der Waals surface area (Å²) in [6, 6.07) is 0.805. The summed E-state index contributed by atoms with van der Waals surface area (Å²) < 4.78 is 37.5. The largest absolute Gasteiger partial charge is 0.433 e. The van der Waals surface area contributed by atoms with E-state index in [1.165, 1.54) is 9.80 Å². The van der Waals surface area contributed by atoms with E-state index in [0.29, 0.717) is 6.54 Å². The molecule has 0 aliphatic carbocycles. The number of alkyl halides is 3. The van der Waals surface area contributed by atoms with Gasteiger partial charge in [-0.05, 0) is 13.0 Å². The number of hydrogen-bond donors (Lipinski definition) is 0. The Morgan fingerprint density at radius 3 is 2.72 bits per heavy atom. The molecule has 2 heterocycles. The Morgan fingerprint density at radius 2 is 2.17 bits per heavy atom. The van der Waals surface area contributed by atoms with Crippen LogP contribution in [0.4, 0.5) is 19.1 Å². The number of hydrogen-bond acceptors (Lipinski definition) is 4. The first-order valence-corrected chi connectivity index (χ1v) is 5.34. The van der Waals surface area contributed by atoms with Crippen LogP contribution in [0.25, 0.3) is 0 Å². The molecule has 1 aliphatic rings. The average molecular weight is 260 g/mol. The van der Waals surface area contributed by atoms with Crippen LogP contribution in [0.3, 0.4) is 0 Å². The molecule has 1 amide bonds. The highest BCUT2D eigenvalue weighted by molar-refractivity contribution is 5.84. The zero-order valence-corrected chi connectivity index (χ0v) is 9.61. The van der Waals surface area contributed by atoms with E-state index in [0.717, 1.165) is 12.3 Å². The molecule has 2 rings (SSSR count). The molecule has 1 aromatic rings. The van der Waals surface area contributed by atoms with E-state index in [4.69, 9.17) is 0 Å². The Balaban J connectivity index is 2.23. The molecule has 1 saturated heterocycles. The highest BCUT2D eigenvalue weighted by atomic mass is 19.4. The minimum absolute atomic E-state index is 0.00908. The van der Waals surface area contributed by atoms with Crippen LogP contribution in [0.2, 0.25) is 0 Å². The predicted molar refractivity (Wildman–Crippen MR) is 56.6 cm³/mol. The van der Waals surface area contributed by atoms with Gasteiger partial charge in [-0.1, -0.05) is 0 Å². The van der Waals surface area contributed by atoms with Crippen molar-refractivity contribution in [2.75, 3.05) is 24.7 Å². The zero-order chi connectivity index (χ0) is 13.3. The predicted octanol–water partition coefficient (Wildman–Crippen LogP) is 1.12. The van der Waals surface area contributed by atoms with Gasteiger partial charge in [0.25, 0.3) is 0 Å². The van der Waals surface area contributed by atoms with Crippen LogP contribution in [0.1, 0.15) is 12.6 Å². The van der Waals surface area contributed by atoms with Gasteiger partial charge in [-0.15, -0.1) is 0 Å². The first-order valence-electron chi connectivity index (χ1n) is 5.34. The minimum atomic E-state index is -4.51. The standard InChI is InChI=1S/C10H11F3N4O/c1-2-16-6-17(5-8(16)18)9-14-4-3-7(15-9)10(11,12)13/h3-4H,2,5-6H2,1H3. The molecule has 0 spiro atoms. The van der Waals surface area contributed by atoms with Crippen LogP contribution in [-0.4, -0.2) is 40.5 Å². The van der Waals surface area contributed by atoms with Gasteiger partial charge in [0.05, 0.1) is 6.67 Å². The van der Waals surface area contributed by atoms with Crippen molar-refractivity contribution in [3.63, 3.8) is 0 Å². The van der Waals surface area contributed by atoms with Gasteiger partial charge in [-0.25, -0.2) is 9.97 Å². The number of carbonyl (C=O) groups is 1. The normalized spacial score (nSPS) is 16.6. The molecule has 0 radical (unpaired) electrons. The average Bonchev–Trinajstić information content (AvgIpc) is 2.70. The Hall–Kier alpha value is -1.86. The fraction of sp³-hybridized carbons (Fsp3) is 0.500. The summed E-state index contributed by atoms with van der Waals surface area (Å²) in [6.07, 6.45) is -3.46. The fourth-order valence-electron chi connectivity index (χ4n) is 1.67. The maximum atomic E-state index is 12.5. The highest BCUT2D eigenvalue weighted by Gasteiger charge is 2.34. The third kappa shape index (κ3) is 2.36. The lowest BCUT2D eigenvalue weighted by Crippen LogP contribution is -2.27. The molecule has 18 heavy (non-hydrogen) atoms. The van der Waals surface area contributed by atoms with Crippen molar-refractivity contribution < 1.29 is 18.0 Å². The quantitative estimate of drug-likeness (QED) is 0.799. The molecule has 0 unspecified atom stereocenters. The first kappa shape index (κ1) is 12.6. The third-order valence-electron chi connectivity index (χ3n) is 2.62. The number of halogens is 3. The fourth-order valence-corrected chi connectivity index (χ4v) is 1.67. The van der Waals surface area contributed by atoms with Gasteiger partial charge < -0.3 is 9.80 Å². The number of likely N-dealkylation sites (N-methyl/N-ethyl adjacent to an activating group) is 1. The van der Waals surface area contributed by atoms with Gasteiger partial charge in [-0.3, -0.25) is 4.79 Å². The second-order valence-corrected chi connectivity index (χ2v) is 3.83. The molecular formula is C10H11F3N4O. The summed E-state index contributed by atoms with van der Waals surface area (Å²) >= 11 is 0. The molecule has 1 aliphatic heterocycles. The van der Waals surface area contributed by atoms with Gasteiger partial charge in [0.15, 0.2) is 0 Å². The maximum absolute atomic E-state index is 12.5. The van der Waals surface area contributed by atoms with Gasteiger partial charge >= 0.3 is 6.18 Å². The van der Waals surface area contributed by atoms with Crippen LogP contribution in [0.15, 0.2) is 12.3 Å². The molecule has 8 heteroatoms. The Bertz CT molecular complexity index is 463. The van der Waals surface area contributed by atoms with E-state index >= 15 is 0 Å². The molecule has 0 atom stereocenters. The monoisotopic (exact) mass is 260 g/mol.